The third kappa shape index (κ3) is 4.62. The van der Waals surface area contributed by atoms with Crippen LogP contribution in [-0.4, -0.2) is 22.2 Å². The minimum Gasteiger partial charge on any atom is -0.444 e. The maximum Gasteiger partial charge on any atom is 0.339 e. The lowest BCUT2D eigenvalue weighted by atomic mass is 9.46. The summed E-state index contributed by atoms with van der Waals surface area (Å²) < 4.78 is 5.21. The number of fused-ring (bicyclic) bond motifs is 5. The smallest absolute Gasteiger partial charge is 0.339 e. The highest BCUT2D eigenvalue weighted by molar-refractivity contribution is 6.20. The third-order valence-corrected chi connectivity index (χ3v) is 11.1. The van der Waals surface area contributed by atoms with Gasteiger partial charge in [-0.25, -0.2) is 4.79 Å². The Hall–Kier alpha value is -0.540. The fraction of sp³-hybridized carbons (Fsp3) is 0.900. The van der Waals surface area contributed by atoms with E-state index in [0.717, 1.165) is 42.4 Å². The lowest BCUT2D eigenvalue weighted by molar-refractivity contribution is -0.172. The SMILES string of the molecule is CC(C)CCC[C@@H](C)[C@H]1CC[C@H]2[C@@H]3CC=C4CC(O)(C(=O)OC(C)Cl)CC[C@]4(C)[C@H]3CC[C@]12C. The predicted octanol–water partition coefficient (Wildman–Crippen LogP) is 7.89. The van der Waals surface area contributed by atoms with Gasteiger partial charge in [0, 0.05) is 6.42 Å². The Morgan fingerprint density at radius 1 is 1.09 bits per heavy atom. The van der Waals surface area contributed by atoms with Gasteiger partial charge in [-0.05, 0) is 98.2 Å². The summed E-state index contributed by atoms with van der Waals surface area (Å²) in [6.07, 6.45) is 14.8. The topological polar surface area (TPSA) is 46.5 Å². The molecule has 0 aromatic heterocycles. The van der Waals surface area contributed by atoms with Gasteiger partial charge in [0.05, 0.1) is 0 Å². The zero-order chi connectivity index (χ0) is 24.9. The minimum absolute atomic E-state index is 0.101. The molecule has 0 bridgehead atoms. The molecule has 34 heavy (non-hydrogen) atoms. The molecule has 4 aliphatic rings. The molecule has 3 nitrogen and oxygen atoms in total. The Balaban J connectivity index is 1.48. The van der Waals surface area contributed by atoms with Gasteiger partial charge < -0.3 is 9.84 Å². The molecule has 3 fully saturated rings. The molecule has 0 aliphatic heterocycles. The zero-order valence-electron chi connectivity index (χ0n) is 22.5. The largest absolute Gasteiger partial charge is 0.444 e. The van der Waals surface area contributed by atoms with Gasteiger partial charge in [0.1, 0.15) is 0 Å². The summed E-state index contributed by atoms with van der Waals surface area (Å²) in [6, 6.07) is 0. The third-order valence-electron chi connectivity index (χ3n) is 11.0. The molecule has 4 rings (SSSR count). The fourth-order valence-electron chi connectivity index (χ4n) is 9.10. The molecule has 0 aromatic carbocycles. The molecule has 0 amide bonds. The van der Waals surface area contributed by atoms with E-state index in [2.05, 4.69) is 40.7 Å². The number of alkyl halides is 1. The molecule has 0 spiro atoms. The standard InChI is InChI=1S/C30H49ClO3/c1-19(2)8-7-9-20(3)24-12-13-25-23-11-10-22-18-30(33,27(32)34-21(4)31)17-16-28(22,5)26(23)14-15-29(24,25)6/h10,19-21,23-26,33H,7-9,11-18H2,1-6H3/t20-,21?,23+,24-,25+,26+,28+,29-,30?/m1/s1. The molecule has 0 heterocycles. The Bertz CT molecular complexity index is 790. The average molecular weight is 493 g/mol. The maximum absolute atomic E-state index is 12.6. The number of carbonyl (C=O) groups excluding carboxylic acids is 1. The number of rotatable bonds is 7. The zero-order valence-corrected chi connectivity index (χ0v) is 23.3. The Morgan fingerprint density at radius 2 is 1.82 bits per heavy atom. The van der Waals surface area contributed by atoms with E-state index in [1.165, 1.54) is 50.5 Å². The van der Waals surface area contributed by atoms with Gasteiger partial charge >= 0.3 is 5.97 Å². The second-order valence-electron chi connectivity index (χ2n) is 13.4. The second-order valence-corrected chi connectivity index (χ2v) is 14.1. The monoisotopic (exact) mass is 492 g/mol. The van der Waals surface area contributed by atoms with Crippen LogP contribution in [0.3, 0.4) is 0 Å². The number of hydrogen-bond acceptors (Lipinski definition) is 3. The summed E-state index contributed by atoms with van der Waals surface area (Å²) in [5.41, 5.74) is -0.260. The van der Waals surface area contributed by atoms with E-state index >= 15 is 0 Å². The number of esters is 1. The summed E-state index contributed by atoms with van der Waals surface area (Å²) in [5, 5.41) is 11.2. The first-order valence-corrected chi connectivity index (χ1v) is 14.6. The summed E-state index contributed by atoms with van der Waals surface area (Å²) >= 11 is 5.88. The first-order valence-electron chi connectivity index (χ1n) is 14.2. The quantitative estimate of drug-likeness (QED) is 0.223. The molecule has 1 N–H and O–H groups in total. The van der Waals surface area contributed by atoms with Crippen LogP contribution in [0, 0.1) is 46.3 Å². The lowest BCUT2D eigenvalue weighted by Gasteiger charge is -2.59. The van der Waals surface area contributed by atoms with Crippen LogP contribution in [0.15, 0.2) is 11.6 Å². The van der Waals surface area contributed by atoms with Crippen LogP contribution >= 0.6 is 11.6 Å². The summed E-state index contributed by atoms with van der Waals surface area (Å²) in [4.78, 5) is 12.6. The average Bonchev–Trinajstić information content (AvgIpc) is 3.11. The van der Waals surface area contributed by atoms with Crippen molar-refractivity contribution < 1.29 is 14.6 Å². The number of aliphatic hydroxyl groups is 1. The van der Waals surface area contributed by atoms with Gasteiger partial charge in [-0.15, -0.1) is 0 Å². The summed E-state index contributed by atoms with van der Waals surface area (Å²) in [6.45, 7) is 13.9. The van der Waals surface area contributed by atoms with Crippen LogP contribution in [0.25, 0.3) is 0 Å². The molecule has 3 saturated carbocycles. The molecule has 0 aromatic rings. The molecular weight excluding hydrogens is 444 g/mol. The first-order chi connectivity index (χ1) is 15.9. The van der Waals surface area contributed by atoms with E-state index in [1.807, 2.05) is 0 Å². The van der Waals surface area contributed by atoms with E-state index in [-0.39, 0.29) is 5.41 Å². The van der Waals surface area contributed by atoms with Crippen molar-refractivity contribution in [1.82, 2.24) is 0 Å². The van der Waals surface area contributed by atoms with Crippen molar-refractivity contribution >= 4 is 17.6 Å². The maximum atomic E-state index is 12.6. The van der Waals surface area contributed by atoms with E-state index in [9.17, 15) is 9.90 Å². The van der Waals surface area contributed by atoms with Crippen molar-refractivity contribution in [2.45, 2.75) is 123 Å². The summed E-state index contributed by atoms with van der Waals surface area (Å²) in [5.74, 6) is 4.20. The molecular formula is C30H49ClO3. The number of carbonyl (C=O) groups is 1. The van der Waals surface area contributed by atoms with Crippen LogP contribution in [0.5, 0.6) is 0 Å². The van der Waals surface area contributed by atoms with Gasteiger partial charge in [0.25, 0.3) is 0 Å². The Labute approximate surface area is 213 Å². The Morgan fingerprint density at radius 3 is 2.50 bits per heavy atom. The number of hydrogen-bond donors (Lipinski definition) is 1. The van der Waals surface area contributed by atoms with Crippen molar-refractivity contribution in [3.05, 3.63) is 11.6 Å². The Kier molecular flexibility index (Phi) is 7.59. The fourth-order valence-corrected chi connectivity index (χ4v) is 9.18. The van der Waals surface area contributed by atoms with Crippen molar-refractivity contribution in [3.63, 3.8) is 0 Å². The van der Waals surface area contributed by atoms with Crippen LogP contribution < -0.4 is 0 Å². The van der Waals surface area contributed by atoms with Crippen LogP contribution in [-0.2, 0) is 9.53 Å². The van der Waals surface area contributed by atoms with Crippen molar-refractivity contribution in [3.8, 4) is 0 Å². The lowest BCUT2D eigenvalue weighted by Crippen LogP contribution is -2.54. The van der Waals surface area contributed by atoms with Crippen LogP contribution in [0.1, 0.15) is 112 Å². The van der Waals surface area contributed by atoms with Gasteiger partial charge in [0.2, 0.25) is 0 Å². The van der Waals surface area contributed by atoms with Crippen molar-refractivity contribution in [1.29, 1.82) is 0 Å². The molecule has 4 heteroatoms. The minimum atomic E-state index is -1.42. The number of allylic oxidation sites excluding steroid dienone is 1. The molecule has 0 saturated heterocycles. The van der Waals surface area contributed by atoms with Gasteiger partial charge in [-0.2, -0.15) is 0 Å². The highest BCUT2D eigenvalue weighted by Crippen LogP contribution is 2.67. The molecule has 2 unspecified atom stereocenters. The molecule has 4 aliphatic carbocycles. The van der Waals surface area contributed by atoms with E-state index in [1.54, 1.807) is 6.92 Å². The van der Waals surface area contributed by atoms with Crippen molar-refractivity contribution in [2.24, 2.45) is 46.3 Å². The normalized spacial score (nSPS) is 43.4. The van der Waals surface area contributed by atoms with Crippen molar-refractivity contribution in [2.75, 3.05) is 0 Å². The first kappa shape index (κ1) is 26.5. The van der Waals surface area contributed by atoms with Crippen LogP contribution in [0.4, 0.5) is 0 Å². The molecule has 0 radical (unpaired) electrons. The van der Waals surface area contributed by atoms with Gasteiger partial charge in [-0.1, -0.05) is 77.1 Å². The second kappa shape index (κ2) is 9.73. The number of ether oxygens (including phenoxy) is 1. The predicted molar refractivity (Wildman–Crippen MR) is 139 cm³/mol. The van der Waals surface area contributed by atoms with Gasteiger partial charge in [0.15, 0.2) is 11.2 Å². The highest BCUT2D eigenvalue weighted by Gasteiger charge is 2.60. The number of halogens is 1. The van der Waals surface area contributed by atoms with E-state index in [4.69, 9.17) is 16.3 Å². The van der Waals surface area contributed by atoms with Gasteiger partial charge in [-0.3, -0.25) is 0 Å². The summed E-state index contributed by atoms with van der Waals surface area (Å²) in [7, 11) is 0. The molecule has 9 atom stereocenters. The van der Waals surface area contributed by atoms with E-state index in [0.29, 0.717) is 24.2 Å². The van der Waals surface area contributed by atoms with E-state index < -0.39 is 17.1 Å². The van der Waals surface area contributed by atoms with Crippen LogP contribution in [0.2, 0.25) is 0 Å². The highest BCUT2D eigenvalue weighted by atomic mass is 35.5. The molecule has 194 valence electrons.